The first-order valence-electron chi connectivity index (χ1n) is 12.5. The van der Waals surface area contributed by atoms with Crippen LogP contribution in [0.4, 0.5) is 4.79 Å². The van der Waals surface area contributed by atoms with E-state index in [0.717, 1.165) is 24.9 Å². The molecule has 8 nitrogen and oxygen atoms in total. The average Bonchev–Trinajstić information content (AvgIpc) is 3.15. The minimum Gasteiger partial charge on any atom is -0.508 e. The van der Waals surface area contributed by atoms with Gasteiger partial charge in [-0.05, 0) is 67.0 Å². The summed E-state index contributed by atoms with van der Waals surface area (Å²) in [5.41, 5.74) is 0.478. The quantitative estimate of drug-likeness (QED) is 0.421. The number of carboxylic acid groups (broad SMARTS) is 1. The fraction of sp³-hybridized carbons (Fsp3) is 0.393. The number of aromatic hydroxyl groups is 1. The van der Waals surface area contributed by atoms with Crippen LogP contribution in [0.15, 0.2) is 48.5 Å². The fourth-order valence-corrected chi connectivity index (χ4v) is 7.25. The Hall–Kier alpha value is -3.65. The van der Waals surface area contributed by atoms with Gasteiger partial charge in [-0.15, -0.1) is 0 Å². The van der Waals surface area contributed by atoms with Gasteiger partial charge in [0.25, 0.3) is 0 Å². The lowest BCUT2D eigenvalue weighted by Crippen LogP contribution is -2.67. The third kappa shape index (κ3) is 3.13. The molecule has 36 heavy (non-hydrogen) atoms. The van der Waals surface area contributed by atoms with E-state index in [2.05, 4.69) is 11.8 Å². The number of aromatic nitrogens is 1. The highest BCUT2D eigenvalue weighted by Gasteiger charge is 2.63. The van der Waals surface area contributed by atoms with Crippen LogP contribution < -0.4 is 0 Å². The molecular weight excluding hydrogens is 460 g/mol. The highest BCUT2D eigenvalue weighted by Crippen LogP contribution is 2.56. The van der Waals surface area contributed by atoms with Crippen LogP contribution in [-0.2, 0) is 21.4 Å². The Labute approximate surface area is 208 Å². The molecule has 186 valence electrons. The molecule has 0 spiro atoms. The number of carbonyl (C=O) groups excluding carboxylic acids is 2. The van der Waals surface area contributed by atoms with Crippen LogP contribution in [0.1, 0.15) is 47.8 Å². The van der Waals surface area contributed by atoms with Gasteiger partial charge in [0, 0.05) is 24.5 Å². The van der Waals surface area contributed by atoms with E-state index in [4.69, 9.17) is 4.74 Å². The molecule has 2 N–H and O–H groups in total. The molecule has 3 aliphatic heterocycles. The summed E-state index contributed by atoms with van der Waals surface area (Å²) >= 11 is 0. The first kappa shape index (κ1) is 22.8. The molecule has 4 aliphatic rings. The largest absolute Gasteiger partial charge is 0.508 e. The maximum absolute atomic E-state index is 13.7. The van der Waals surface area contributed by atoms with Gasteiger partial charge in [0.15, 0.2) is 0 Å². The van der Waals surface area contributed by atoms with Crippen LogP contribution in [0.2, 0.25) is 0 Å². The third-order valence-corrected chi connectivity index (χ3v) is 8.49. The van der Waals surface area contributed by atoms with Crippen molar-refractivity contribution < 1.29 is 29.3 Å². The average molecular weight is 489 g/mol. The molecule has 0 amide bonds. The van der Waals surface area contributed by atoms with Crippen molar-refractivity contribution in [1.82, 2.24) is 9.47 Å². The smallest absolute Gasteiger partial charge is 0.426 e. The first-order valence-corrected chi connectivity index (χ1v) is 12.5. The molecule has 7 rings (SSSR count). The number of fused-ring (bicyclic) bond motifs is 4. The Morgan fingerprint density at radius 3 is 2.64 bits per heavy atom. The summed E-state index contributed by atoms with van der Waals surface area (Å²) in [6.45, 7) is 3.61. The molecule has 1 aromatic heterocycles. The SMILES string of the molecule is CCC1C[C@@H]2CN3CCc4c(n(C(=O)OC(=O)c5ccccc5)c5ccc(O)cc45)[C@](C(=O)O)(C2)C13. The molecule has 8 heteroatoms. The molecular formula is C28H28N2O6. The normalized spacial score (nSPS) is 28.4. The van der Waals surface area contributed by atoms with E-state index in [1.54, 1.807) is 42.5 Å². The number of phenols is 1. The predicted octanol–water partition coefficient (Wildman–Crippen LogP) is 4.17. The maximum Gasteiger partial charge on any atom is 0.426 e. The number of carbonyl (C=O) groups is 3. The number of carboxylic acids is 1. The van der Waals surface area contributed by atoms with E-state index in [-0.39, 0.29) is 29.2 Å². The first-order chi connectivity index (χ1) is 17.3. The monoisotopic (exact) mass is 488 g/mol. The van der Waals surface area contributed by atoms with E-state index in [0.29, 0.717) is 36.0 Å². The van der Waals surface area contributed by atoms with Gasteiger partial charge < -0.3 is 14.9 Å². The van der Waals surface area contributed by atoms with Crippen LogP contribution in [0.25, 0.3) is 10.9 Å². The number of esters is 1. The van der Waals surface area contributed by atoms with Gasteiger partial charge >= 0.3 is 18.0 Å². The molecule has 3 aromatic rings. The highest BCUT2D eigenvalue weighted by atomic mass is 16.6. The number of phenolic OH excluding ortho intramolecular Hbond substituents is 1. The minimum atomic E-state index is -1.32. The standard InChI is InChI=1S/C28H28N2O6/c1-2-17-12-16-14-28(26(33)34)23(17)29(15-16)11-10-20-21-13-19(31)8-9-22(21)30(24(20)28)27(35)36-25(32)18-6-4-3-5-7-18/h3-9,13,16-17,23,31H,2,10-12,14-15H2,1H3,(H,33,34)/t16-,17?,23?,28-/m0/s1. The van der Waals surface area contributed by atoms with Gasteiger partial charge in [-0.3, -0.25) is 9.69 Å². The van der Waals surface area contributed by atoms with Crippen molar-refractivity contribution in [3.05, 3.63) is 65.4 Å². The summed E-state index contributed by atoms with van der Waals surface area (Å²) in [6, 6.07) is 12.6. The van der Waals surface area contributed by atoms with E-state index in [1.165, 1.54) is 10.6 Å². The third-order valence-electron chi connectivity index (χ3n) is 8.49. The summed E-state index contributed by atoms with van der Waals surface area (Å²) in [5.74, 6) is -1.35. The number of hydrogen-bond acceptors (Lipinski definition) is 6. The van der Waals surface area contributed by atoms with Crippen LogP contribution in [0, 0.1) is 11.8 Å². The lowest BCUT2D eigenvalue weighted by atomic mass is 9.56. The fourth-order valence-electron chi connectivity index (χ4n) is 7.25. The van der Waals surface area contributed by atoms with Crippen molar-refractivity contribution in [2.75, 3.05) is 13.1 Å². The molecule has 4 heterocycles. The Morgan fingerprint density at radius 2 is 1.92 bits per heavy atom. The Morgan fingerprint density at radius 1 is 1.14 bits per heavy atom. The van der Waals surface area contributed by atoms with Gasteiger partial charge in [-0.25, -0.2) is 14.2 Å². The Balaban J connectivity index is 1.59. The van der Waals surface area contributed by atoms with Crippen LogP contribution in [0.5, 0.6) is 5.75 Å². The van der Waals surface area contributed by atoms with Crippen molar-refractivity contribution in [3.8, 4) is 5.75 Å². The molecule has 1 aliphatic carbocycles. The van der Waals surface area contributed by atoms with Crippen molar-refractivity contribution in [1.29, 1.82) is 0 Å². The molecule has 2 saturated heterocycles. The van der Waals surface area contributed by atoms with Crippen molar-refractivity contribution in [3.63, 3.8) is 0 Å². The molecule has 0 radical (unpaired) electrons. The molecule has 3 unspecified atom stereocenters. The molecule has 4 bridgehead atoms. The number of piperidine rings is 2. The summed E-state index contributed by atoms with van der Waals surface area (Å²) in [5, 5.41) is 21.8. The van der Waals surface area contributed by atoms with Crippen LogP contribution in [-0.4, -0.2) is 56.8 Å². The van der Waals surface area contributed by atoms with Crippen molar-refractivity contribution >= 4 is 28.9 Å². The number of ether oxygens (including phenoxy) is 1. The Kier molecular flexibility index (Phi) is 5.19. The van der Waals surface area contributed by atoms with Gasteiger partial charge in [-0.2, -0.15) is 0 Å². The second kappa shape index (κ2) is 8.20. The number of nitrogens with zero attached hydrogens (tertiary/aromatic N) is 2. The lowest BCUT2D eigenvalue weighted by Gasteiger charge is -2.57. The predicted molar refractivity (Wildman–Crippen MR) is 131 cm³/mol. The zero-order valence-corrected chi connectivity index (χ0v) is 20.0. The summed E-state index contributed by atoms with van der Waals surface area (Å²) in [6.07, 6.45) is 1.86. The molecule has 2 aromatic carbocycles. The highest BCUT2D eigenvalue weighted by molar-refractivity contribution is 6.02. The zero-order valence-electron chi connectivity index (χ0n) is 20.0. The minimum absolute atomic E-state index is 0.0287. The second-order valence-electron chi connectivity index (χ2n) is 10.3. The summed E-state index contributed by atoms with van der Waals surface area (Å²) in [4.78, 5) is 42.1. The van der Waals surface area contributed by atoms with Gasteiger partial charge in [-0.1, -0.05) is 31.5 Å². The van der Waals surface area contributed by atoms with Crippen LogP contribution >= 0.6 is 0 Å². The van der Waals surface area contributed by atoms with Crippen molar-refractivity contribution in [2.24, 2.45) is 11.8 Å². The van der Waals surface area contributed by atoms with E-state index in [9.17, 15) is 24.6 Å². The van der Waals surface area contributed by atoms with Gasteiger partial charge in [0.1, 0.15) is 11.2 Å². The zero-order chi connectivity index (χ0) is 25.2. The van der Waals surface area contributed by atoms with Crippen LogP contribution in [0.3, 0.4) is 0 Å². The van der Waals surface area contributed by atoms with Gasteiger partial charge in [0.2, 0.25) is 0 Å². The second-order valence-corrected chi connectivity index (χ2v) is 10.3. The molecule has 3 fully saturated rings. The van der Waals surface area contributed by atoms with Gasteiger partial charge in [0.05, 0.1) is 16.8 Å². The van der Waals surface area contributed by atoms with E-state index >= 15 is 0 Å². The number of aliphatic carboxylic acids is 1. The number of rotatable bonds is 3. The lowest BCUT2D eigenvalue weighted by molar-refractivity contribution is -0.158. The number of hydrogen-bond donors (Lipinski definition) is 2. The topological polar surface area (TPSA) is 109 Å². The number of benzene rings is 2. The van der Waals surface area contributed by atoms with E-state index < -0.39 is 23.4 Å². The van der Waals surface area contributed by atoms with E-state index in [1.807, 2.05) is 0 Å². The summed E-state index contributed by atoms with van der Waals surface area (Å²) in [7, 11) is 0. The Bertz CT molecular complexity index is 1400. The maximum atomic E-state index is 13.7. The van der Waals surface area contributed by atoms with Crippen molar-refractivity contribution in [2.45, 2.75) is 44.1 Å². The summed E-state index contributed by atoms with van der Waals surface area (Å²) < 4.78 is 6.64. The molecule has 5 atom stereocenters. The molecule has 1 saturated carbocycles.